The number of nitrogens with one attached hydrogen (secondary N) is 1. The van der Waals surface area contributed by atoms with Crippen LogP contribution < -0.4 is 5.32 Å². The van der Waals surface area contributed by atoms with Crippen molar-refractivity contribution in [1.29, 1.82) is 0 Å². The number of rotatable bonds is 6. The molecule has 0 unspecified atom stereocenters. The third-order valence-electron chi connectivity index (χ3n) is 5.08. The van der Waals surface area contributed by atoms with Crippen LogP contribution in [0.1, 0.15) is 35.5 Å². The molecule has 0 aliphatic carbocycles. The summed E-state index contributed by atoms with van der Waals surface area (Å²) < 4.78 is 5.40. The Balaban J connectivity index is 1.36. The highest BCUT2D eigenvalue weighted by Crippen LogP contribution is 2.22. The van der Waals surface area contributed by atoms with E-state index in [1.54, 1.807) is 30.3 Å². The van der Waals surface area contributed by atoms with Crippen LogP contribution in [0, 0.1) is 0 Å². The molecule has 1 N–H and O–H groups in total. The summed E-state index contributed by atoms with van der Waals surface area (Å²) >= 11 is 11.9. The molecule has 1 aliphatic heterocycles. The Morgan fingerprint density at radius 3 is 2.43 bits per heavy atom. The maximum absolute atomic E-state index is 12.4. The van der Waals surface area contributed by atoms with Gasteiger partial charge in [-0.15, -0.1) is 0 Å². The lowest BCUT2D eigenvalue weighted by molar-refractivity contribution is 0.102. The van der Waals surface area contributed by atoms with E-state index in [2.05, 4.69) is 20.4 Å². The molecule has 0 saturated carbocycles. The van der Waals surface area contributed by atoms with Gasteiger partial charge in [-0.1, -0.05) is 34.8 Å². The number of amides is 1. The van der Waals surface area contributed by atoms with Gasteiger partial charge in [0.05, 0.1) is 0 Å². The van der Waals surface area contributed by atoms with E-state index < -0.39 is 0 Å². The number of carbonyl (C=O) groups is 1. The molecule has 0 radical (unpaired) electrons. The fraction of sp³-hybridized carbons (Fsp3) is 0.318. The van der Waals surface area contributed by atoms with Crippen molar-refractivity contribution in [3.63, 3.8) is 0 Å². The Labute approximate surface area is 185 Å². The number of nitrogens with zero attached hydrogens (tertiary/aromatic N) is 3. The number of hydrogen-bond acceptors (Lipinski definition) is 5. The molecule has 1 aromatic heterocycles. The summed E-state index contributed by atoms with van der Waals surface area (Å²) in [7, 11) is 0. The molecular formula is C22H22Cl2N4O2. The fourth-order valence-electron chi connectivity index (χ4n) is 3.50. The summed E-state index contributed by atoms with van der Waals surface area (Å²) in [5.74, 6) is 0.903. The van der Waals surface area contributed by atoms with Crippen LogP contribution in [0.15, 0.2) is 47.0 Å². The van der Waals surface area contributed by atoms with Crippen LogP contribution in [0.4, 0.5) is 5.69 Å². The van der Waals surface area contributed by atoms with Crippen LogP contribution in [0.25, 0.3) is 11.4 Å². The SMILES string of the molecule is O=C(Nc1ccc(-c2noc(CCN3CCCCC3)n2)cc1)c1cc(Cl)cc(Cl)c1. The van der Waals surface area contributed by atoms with Gasteiger partial charge in [0.1, 0.15) is 0 Å². The molecule has 4 rings (SSSR count). The Bertz CT molecular complexity index is 994. The summed E-state index contributed by atoms with van der Waals surface area (Å²) in [4.78, 5) is 19.4. The lowest BCUT2D eigenvalue weighted by Gasteiger charge is -2.25. The number of aromatic nitrogens is 2. The van der Waals surface area contributed by atoms with E-state index in [0.29, 0.717) is 33.0 Å². The topological polar surface area (TPSA) is 71.3 Å². The van der Waals surface area contributed by atoms with Gasteiger partial charge in [-0.25, -0.2) is 0 Å². The van der Waals surface area contributed by atoms with Crippen molar-refractivity contribution in [2.75, 3.05) is 25.0 Å². The van der Waals surface area contributed by atoms with Gasteiger partial charge in [0.15, 0.2) is 0 Å². The zero-order valence-corrected chi connectivity index (χ0v) is 17.9. The second-order valence-electron chi connectivity index (χ2n) is 7.35. The van der Waals surface area contributed by atoms with E-state index in [1.807, 2.05) is 12.1 Å². The normalized spacial score (nSPS) is 14.6. The molecule has 2 aromatic carbocycles. The maximum atomic E-state index is 12.4. The van der Waals surface area contributed by atoms with Crippen molar-refractivity contribution in [2.24, 2.45) is 0 Å². The van der Waals surface area contributed by atoms with Crippen molar-refractivity contribution >= 4 is 34.8 Å². The quantitative estimate of drug-likeness (QED) is 0.556. The summed E-state index contributed by atoms with van der Waals surface area (Å²) in [5, 5.41) is 7.74. The number of halogens is 2. The van der Waals surface area contributed by atoms with E-state index in [1.165, 1.54) is 19.3 Å². The van der Waals surface area contributed by atoms with Crippen LogP contribution in [0.2, 0.25) is 10.0 Å². The highest BCUT2D eigenvalue weighted by molar-refractivity contribution is 6.35. The second kappa shape index (κ2) is 9.60. The fourth-order valence-corrected chi connectivity index (χ4v) is 4.03. The zero-order chi connectivity index (χ0) is 20.9. The average molecular weight is 445 g/mol. The number of likely N-dealkylation sites (tertiary alicyclic amines) is 1. The first-order valence-corrected chi connectivity index (χ1v) is 10.8. The van der Waals surface area contributed by atoms with Crippen LogP contribution >= 0.6 is 23.2 Å². The highest BCUT2D eigenvalue weighted by Gasteiger charge is 2.14. The predicted molar refractivity (Wildman–Crippen MR) is 118 cm³/mol. The highest BCUT2D eigenvalue weighted by atomic mass is 35.5. The Kier molecular flexibility index (Phi) is 6.67. The van der Waals surface area contributed by atoms with Crippen molar-refractivity contribution in [1.82, 2.24) is 15.0 Å². The van der Waals surface area contributed by atoms with Crippen LogP contribution in [-0.4, -0.2) is 40.6 Å². The Morgan fingerprint density at radius 2 is 1.73 bits per heavy atom. The molecule has 156 valence electrons. The molecular weight excluding hydrogens is 423 g/mol. The third-order valence-corrected chi connectivity index (χ3v) is 5.52. The van der Waals surface area contributed by atoms with Gasteiger partial charge in [-0.3, -0.25) is 4.79 Å². The number of piperidine rings is 1. The van der Waals surface area contributed by atoms with Crippen molar-refractivity contribution in [2.45, 2.75) is 25.7 Å². The van der Waals surface area contributed by atoms with Gasteiger partial charge in [-0.05, 0) is 68.4 Å². The minimum Gasteiger partial charge on any atom is -0.339 e. The number of anilines is 1. The van der Waals surface area contributed by atoms with E-state index >= 15 is 0 Å². The first kappa shape index (κ1) is 20.8. The molecule has 2 heterocycles. The van der Waals surface area contributed by atoms with E-state index in [4.69, 9.17) is 27.7 Å². The summed E-state index contributed by atoms with van der Waals surface area (Å²) in [6.45, 7) is 3.24. The van der Waals surface area contributed by atoms with Crippen molar-refractivity contribution in [3.8, 4) is 11.4 Å². The van der Waals surface area contributed by atoms with Crippen molar-refractivity contribution < 1.29 is 9.32 Å². The molecule has 8 heteroatoms. The molecule has 1 aliphatic rings. The van der Waals surface area contributed by atoms with Crippen LogP contribution in [-0.2, 0) is 6.42 Å². The second-order valence-corrected chi connectivity index (χ2v) is 8.23. The Hall–Kier alpha value is -2.41. The van der Waals surface area contributed by atoms with Gasteiger partial charge in [0, 0.05) is 39.8 Å². The predicted octanol–water partition coefficient (Wildman–Crippen LogP) is 5.32. The molecule has 6 nitrogen and oxygen atoms in total. The van der Waals surface area contributed by atoms with Crippen LogP contribution in [0.5, 0.6) is 0 Å². The first-order valence-electron chi connectivity index (χ1n) is 10.00. The lowest BCUT2D eigenvalue weighted by atomic mass is 10.1. The largest absolute Gasteiger partial charge is 0.339 e. The van der Waals surface area contributed by atoms with Gasteiger partial charge in [-0.2, -0.15) is 4.98 Å². The third kappa shape index (κ3) is 5.39. The molecule has 1 amide bonds. The molecule has 0 atom stereocenters. The molecule has 0 spiro atoms. The summed E-state index contributed by atoms with van der Waals surface area (Å²) in [6.07, 6.45) is 4.61. The average Bonchev–Trinajstić information content (AvgIpc) is 3.22. The van der Waals surface area contributed by atoms with Gasteiger partial charge < -0.3 is 14.7 Å². The van der Waals surface area contributed by atoms with Gasteiger partial charge in [0.2, 0.25) is 11.7 Å². The molecule has 1 fully saturated rings. The number of carbonyl (C=O) groups excluding carboxylic acids is 1. The standard InChI is InChI=1S/C22H22Cl2N4O2/c23-17-12-16(13-18(24)14-17)22(29)25-19-6-4-15(5-7-19)21-26-20(30-27-21)8-11-28-9-2-1-3-10-28/h4-7,12-14H,1-3,8-11H2,(H,25,29). The molecule has 0 bridgehead atoms. The minimum absolute atomic E-state index is 0.285. The smallest absolute Gasteiger partial charge is 0.255 e. The minimum atomic E-state index is -0.285. The maximum Gasteiger partial charge on any atom is 0.255 e. The molecule has 3 aromatic rings. The van der Waals surface area contributed by atoms with Gasteiger partial charge in [0.25, 0.3) is 5.91 Å². The van der Waals surface area contributed by atoms with E-state index in [0.717, 1.165) is 31.6 Å². The molecule has 30 heavy (non-hydrogen) atoms. The number of benzene rings is 2. The van der Waals surface area contributed by atoms with Gasteiger partial charge >= 0.3 is 0 Å². The first-order chi connectivity index (χ1) is 14.6. The van der Waals surface area contributed by atoms with E-state index in [-0.39, 0.29) is 5.91 Å². The summed E-state index contributed by atoms with van der Waals surface area (Å²) in [5.41, 5.74) is 1.87. The van der Waals surface area contributed by atoms with Crippen LogP contribution in [0.3, 0.4) is 0 Å². The lowest BCUT2D eigenvalue weighted by Crippen LogP contribution is -2.31. The number of hydrogen-bond donors (Lipinski definition) is 1. The van der Waals surface area contributed by atoms with Crippen molar-refractivity contribution in [3.05, 3.63) is 64.0 Å². The zero-order valence-electron chi connectivity index (χ0n) is 16.4. The Morgan fingerprint density at radius 1 is 1.03 bits per heavy atom. The summed E-state index contributed by atoms with van der Waals surface area (Å²) in [6, 6.07) is 12.0. The molecule has 1 saturated heterocycles. The monoisotopic (exact) mass is 444 g/mol. The van der Waals surface area contributed by atoms with E-state index in [9.17, 15) is 4.79 Å².